The second kappa shape index (κ2) is 5.94. The molecular formula is C13H17F3N2S. The zero-order valence-electron chi connectivity index (χ0n) is 10.5. The number of nitrogens with one attached hydrogen (secondary N) is 1. The lowest BCUT2D eigenvalue weighted by atomic mass is 10.0. The number of benzene rings is 1. The number of halogens is 3. The topological polar surface area (TPSA) is 38.0 Å². The van der Waals surface area contributed by atoms with Crippen LogP contribution in [0.1, 0.15) is 18.4 Å². The number of nitrogen functional groups attached to an aromatic ring is 1. The Morgan fingerprint density at radius 3 is 2.58 bits per heavy atom. The van der Waals surface area contributed by atoms with Gasteiger partial charge in [-0.1, -0.05) is 0 Å². The average Bonchev–Trinajstić information content (AvgIpc) is 2.37. The highest BCUT2D eigenvalue weighted by molar-refractivity contribution is 7.99. The van der Waals surface area contributed by atoms with Crippen molar-refractivity contribution in [1.82, 2.24) is 0 Å². The van der Waals surface area contributed by atoms with Gasteiger partial charge < -0.3 is 11.1 Å². The quantitative estimate of drug-likeness (QED) is 0.831. The maximum absolute atomic E-state index is 12.7. The Bertz CT molecular complexity index is 428. The van der Waals surface area contributed by atoms with E-state index < -0.39 is 11.7 Å². The minimum Gasteiger partial charge on any atom is -0.398 e. The number of hydrogen-bond acceptors (Lipinski definition) is 3. The zero-order chi connectivity index (χ0) is 13.9. The lowest BCUT2D eigenvalue weighted by Gasteiger charge is -2.22. The first-order chi connectivity index (χ1) is 8.97. The molecular weight excluding hydrogens is 273 g/mol. The van der Waals surface area contributed by atoms with Crippen LogP contribution in [0, 0.1) is 5.92 Å². The molecule has 1 fully saturated rings. The Kier molecular flexibility index (Phi) is 4.50. The zero-order valence-corrected chi connectivity index (χ0v) is 11.3. The first-order valence-corrected chi connectivity index (χ1v) is 7.40. The molecule has 0 saturated carbocycles. The maximum atomic E-state index is 12.7. The van der Waals surface area contributed by atoms with Gasteiger partial charge in [0.25, 0.3) is 0 Å². The molecule has 0 aromatic heterocycles. The number of hydrogen-bond donors (Lipinski definition) is 2. The summed E-state index contributed by atoms with van der Waals surface area (Å²) in [5.74, 6) is 2.83. The normalized spacial score (nSPS) is 17.4. The molecule has 0 bridgehead atoms. The monoisotopic (exact) mass is 290 g/mol. The number of alkyl halides is 3. The van der Waals surface area contributed by atoms with E-state index in [4.69, 9.17) is 5.73 Å². The second-order valence-electron chi connectivity index (χ2n) is 4.74. The maximum Gasteiger partial charge on any atom is 0.418 e. The lowest BCUT2D eigenvalue weighted by molar-refractivity contribution is -0.136. The molecule has 0 atom stereocenters. The molecule has 1 aromatic carbocycles. The van der Waals surface area contributed by atoms with Crippen molar-refractivity contribution in [3.05, 3.63) is 23.8 Å². The van der Waals surface area contributed by atoms with Crippen molar-refractivity contribution in [3.63, 3.8) is 0 Å². The van der Waals surface area contributed by atoms with Crippen LogP contribution < -0.4 is 11.1 Å². The average molecular weight is 290 g/mol. The summed E-state index contributed by atoms with van der Waals surface area (Å²) in [6.45, 7) is 0.724. The molecule has 1 saturated heterocycles. The molecule has 0 radical (unpaired) electrons. The standard InChI is InChI=1S/C13H17F3N2S/c14-13(15,16)11-7-10(1-2-12(11)17)18-8-9-3-5-19-6-4-9/h1-2,7,9,18H,3-6,8,17H2. The van der Waals surface area contributed by atoms with Gasteiger partial charge in [-0.25, -0.2) is 0 Å². The largest absolute Gasteiger partial charge is 0.418 e. The second-order valence-corrected chi connectivity index (χ2v) is 5.96. The van der Waals surface area contributed by atoms with Crippen LogP contribution in [0.15, 0.2) is 18.2 Å². The SMILES string of the molecule is Nc1ccc(NCC2CCSCC2)cc1C(F)(F)F. The molecule has 0 spiro atoms. The number of thioether (sulfide) groups is 1. The summed E-state index contributed by atoms with van der Waals surface area (Å²) in [4.78, 5) is 0. The van der Waals surface area contributed by atoms with E-state index in [1.807, 2.05) is 11.8 Å². The molecule has 3 N–H and O–H groups in total. The van der Waals surface area contributed by atoms with Gasteiger partial charge >= 0.3 is 6.18 Å². The third-order valence-corrected chi connectivity index (χ3v) is 4.34. The first kappa shape index (κ1) is 14.4. The van der Waals surface area contributed by atoms with Gasteiger partial charge in [0.05, 0.1) is 5.56 Å². The van der Waals surface area contributed by atoms with E-state index in [9.17, 15) is 13.2 Å². The van der Waals surface area contributed by atoms with E-state index in [0.29, 0.717) is 11.6 Å². The molecule has 106 valence electrons. The Morgan fingerprint density at radius 2 is 1.95 bits per heavy atom. The van der Waals surface area contributed by atoms with Crippen LogP contribution in [0.25, 0.3) is 0 Å². The molecule has 1 heterocycles. The molecule has 0 amide bonds. The fraction of sp³-hybridized carbons (Fsp3) is 0.538. The van der Waals surface area contributed by atoms with Gasteiger partial charge in [-0.05, 0) is 48.5 Å². The Labute approximate surface area is 114 Å². The number of anilines is 2. The van der Waals surface area contributed by atoms with E-state index in [0.717, 1.165) is 37.0 Å². The van der Waals surface area contributed by atoms with Crippen molar-refractivity contribution in [2.75, 3.05) is 29.1 Å². The van der Waals surface area contributed by atoms with E-state index in [1.54, 1.807) is 6.07 Å². The highest BCUT2D eigenvalue weighted by Crippen LogP contribution is 2.35. The minimum atomic E-state index is -4.40. The molecule has 19 heavy (non-hydrogen) atoms. The summed E-state index contributed by atoms with van der Waals surface area (Å²) in [6.07, 6.45) is -2.15. The molecule has 1 aromatic rings. The fourth-order valence-corrected chi connectivity index (χ4v) is 3.33. The molecule has 0 unspecified atom stereocenters. The van der Waals surface area contributed by atoms with Crippen LogP contribution in [0.3, 0.4) is 0 Å². The van der Waals surface area contributed by atoms with Crippen molar-refractivity contribution < 1.29 is 13.2 Å². The lowest BCUT2D eigenvalue weighted by Crippen LogP contribution is -2.19. The van der Waals surface area contributed by atoms with Crippen molar-refractivity contribution in [2.24, 2.45) is 5.92 Å². The molecule has 1 aliphatic rings. The Morgan fingerprint density at radius 1 is 1.26 bits per heavy atom. The van der Waals surface area contributed by atoms with Gasteiger partial charge in [-0.2, -0.15) is 24.9 Å². The fourth-order valence-electron chi connectivity index (χ4n) is 2.12. The van der Waals surface area contributed by atoms with Gasteiger partial charge in [0, 0.05) is 17.9 Å². The summed E-state index contributed by atoms with van der Waals surface area (Å²) in [6, 6.07) is 4.00. The van der Waals surface area contributed by atoms with Crippen LogP contribution in [0.4, 0.5) is 24.5 Å². The predicted molar refractivity (Wildman–Crippen MR) is 74.4 cm³/mol. The summed E-state index contributed by atoms with van der Waals surface area (Å²) in [7, 11) is 0. The van der Waals surface area contributed by atoms with Crippen LogP contribution >= 0.6 is 11.8 Å². The predicted octanol–water partition coefficient (Wildman–Crippen LogP) is 3.84. The highest BCUT2D eigenvalue weighted by Gasteiger charge is 2.33. The van der Waals surface area contributed by atoms with Crippen molar-refractivity contribution in [3.8, 4) is 0 Å². The Hall–Kier alpha value is -1.04. The summed E-state index contributed by atoms with van der Waals surface area (Å²) < 4.78 is 38.1. The van der Waals surface area contributed by atoms with Gasteiger partial charge in [0.15, 0.2) is 0 Å². The summed E-state index contributed by atoms with van der Waals surface area (Å²) in [5, 5.41) is 3.09. The minimum absolute atomic E-state index is 0.230. The summed E-state index contributed by atoms with van der Waals surface area (Å²) in [5.41, 5.74) is 4.85. The van der Waals surface area contributed by atoms with Crippen LogP contribution in [-0.4, -0.2) is 18.1 Å². The number of nitrogens with two attached hydrogens (primary N) is 1. The highest BCUT2D eigenvalue weighted by atomic mass is 32.2. The smallest absolute Gasteiger partial charge is 0.398 e. The number of rotatable bonds is 3. The van der Waals surface area contributed by atoms with E-state index >= 15 is 0 Å². The van der Waals surface area contributed by atoms with Gasteiger partial charge in [-0.15, -0.1) is 0 Å². The van der Waals surface area contributed by atoms with E-state index in [-0.39, 0.29) is 5.69 Å². The van der Waals surface area contributed by atoms with Gasteiger partial charge in [0.1, 0.15) is 0 Å². The molecule has 2 nitrogen and oxygen atoms in total. The van der Waals surface area contributed by atoms with Gasteiger partial charge in [-0.3, -0.25) is 0 Å². The Balaban J connectivity index is 2.00. The van der Waals surface area contributed by atoms with Crippen molar-refractivity contribution in [1.29, 1.82) is 0 Å². The van der Waals surface area contributed by atoms with Crippen LogP contribution in [0.5, 0.6) is 0 Å². The van der Waals surface area contributed by atoms with Crippen LogP contribution in [0.2, 0.25) is 0 Å². The third kappa shape index (κ3) is 3.96. The molecule has 1 aliphatic heterocycles. The molecule has 0 aliphatic carbocycles. The van der Waals surface area contributed by atoms with E-state index in [2.05, 4.69) is 5.32 Å². The summed E-state index contributed by atoms with van der Waals surface area (Å²) >= 11 is 1.94. The molecule has 2 rings (SSSR count). The van der Waals surface area contributed by atoms with Crippen molar-refractivity contribution in [2.45, 2.75) is 19.0 Å². The third-order valence-electron chi connectivity index (χ3n) is 3.29. The first-order valence-electron chi connectivity index (χ1n) is 6.25. The van der Waals surface area contributed by atoms with Crippen LogP contribution in [-0.2, 0) is 6.18 Å². The van der Waals surface area contributed by atoms with Crippen molar-refractivity contribution >= 4 is 23.1 Å². The van der Waals surface area contributed by atoms with Gasteiger partial charge in [0.2, 0.25) is 0 Å². The molecule has 6 heteroatoms. The van der Waals surface area contributed by atoms with E-state index in [1.165, 1.54) is 6.07 Å².